The van der Waals surface area contributed by atoms with Crippen LogP contribution >= 0.6 is 0 Å². The van der Waals surface area contributed by atoms with Crippen LogP contribution in [0.4, 0.5) is 0 Å². The first-order valence-electron chi connectivity index (χ1n) is 27.9. The molecule has 0 saturated heterocycles. The molecule has 0 heteroatoms. The molecule has 0 aromatic rings. The first kappa shape index (κ1) is 59.0. The van der Waals surface area contributed by atoms with Crippen LogP contribution in [0.2, 0.25) is 0 Å². The van der Waals surface area contributed by atoms with Gasteiger partial charge in [-0.15, -0.1) is 0 Å². The molecular formula is C59H120. The quantitative estimate of drug-likeness (QED) is 0.108. The Kier molecular flexibility index (Phi) is 33.5. The van der Waals surface area contributed by atoms with Gasteiger partial charge in [0.2, 0.25) is 0 Å². The van der Waals surface area contributed by atoms with Crippen molar-refractivity contribution in [1.82, 2.24) is 0 Å². The molecule has 356 valence electrons. The van der Waals surface area contributed by atoms with Gasteiger partial charge in [-0.3, -0.25) is 0 Å². The van der Waals surface area contributed by atoms with Crippen LogP contribution in [0.15, 0.2) is 0 Å². The molecule has 0 aromatic carbocycles. The average molecular weight is 830 g/mol. The van der Waals surface area contributed by atoms with Crippen molar-refractivity contribution in [3.63, 3.8) is 0 Å². The second kappa shape index (κ2) is 33.5. The first-order chi connectivity index (χ1) is 27.9. The minimum atomic E-state index is 0.815. The first-order valence-corrected chi connectivity index (χ1v) is 27.9. The zero-order valence-corrected chi connectivity index (χ0v) is 45.2. The van der Waals surface area contributed by atoms with Gasteiger partial charge in [0, 0.05) is 0 Å². The normalized spacial score (nSPS) is 28.8. The van der Waals surface area contributed by atoms with Gasteiger partial charge in [0.25, 0.3) is 0 Å². The number of unbranched alkanes of at least 4 members (excludes halogenated alkanes) is 1. The van der Waals surface area contributed by atoms with Gasteiger partial charge in [-0.1, -0.05) is 228 Å². The summed E-state index contributed by atoms with van der Waals surface area (Å²) in [5.74, 6) is 16.6. The highest BCUT2D eigenvalue weighted by molar-refractivity contribution is 4.97. The molecule has 0 amide bonds. The summed E-state index contributed by atoms with van der Waals surface area (Å²) in [6.07, 6.45) is 30.7. The molecule has 3 saturated carbocycles. The van der Waals surface area contributed by atoms with Gasteiger partial charge in [0.05, 0.1) is 0 Å². The fourth-order valence-electron chi connectivity index (χ4n) is 12.8. The summed E-state index contributed by atoms with van der Waals surface area (Å²) < 4.78 is 0. The van der Waals surface area contributed by atoms with Crippen molar-refractivity contribution in [3.05, 3.63) is 0 Å². The van der Waals surface area contributed by atoms with E-state index >= 15 is 0 Å². The third-order valence-corrected chi connectivity index (χ3v) is 17.0. The van der Waals surface area contributed by atoms with E-state index in [1.807, 2.05) is 13.8 Å². The Morgan fingerprint density at radius 2 is 1.15 bits per heavy atom. The molecule has 15 unspecified atom stereocenters. The third-order valence-electron chi connectivity index (χ3n) is 17.0. The van der Waals surface area contributed by atoms with Gasteiger partial charge in [-0.25, -0.2) is 0 Å². The second-order valence-corrected chi connectivity index (χ2v) is 23.8. The Bertz CT molecular complexity index is 916. The zero-order chi connectivity index (χ0) is 45.2. The van der Waals surface area contributed by atoms with Crippen molar-refractivity contribution in [2.45, 2.75) is 273 Å². The van der Waals surface area contributed by atoms with E-state index in [1.54, 1.807) is 0 Å². The lowest BCUT2D eigenvalue weighted by atomic mass is 9.62. The monoisotopic (exact) mass is 829 g/mol. The lowest BCUT2D eigenvalue weighted by Crippen LogP contribution is -2.36. The molecule has 3 aliphatic rings. The maximum absolute atomic E-state index is 2.68. The van der Waals surface area contributed by atoms with Gasteiger partial charge in [-0.05, 0) is 151 Å². The summed E-state index contributed by atoms with van der Waals surface area (Å²) in [7, 11) is 0. The molecule has 0 N–H and O–H groups in total. The Labute approximate surface area is 378 Å². The average Bonchev–Trinajstić information content (AvgIpc) is 3.50. The molecule has 0 bridgehead atoms. The van der Waals surface area contributed by atoms with E-state index in [0.717, 1.165) is 107 Å². The predicted molar refractivity (Wildman–Crippen MR) is 273 cm³/mol. The van der Waals surface area contributed by atoms with Gasteiger partial charge in [0.15, 0.2) is 0 Å². The Morgan fingerprint density at radius 1 is 0.559 bits per heavy atom. The van der Waals surface area contributed by atoms with Crippen LogP contribution in [0.5, 0.6) is 0 Å². The summed E-state index contributed by atoms with van der Waals surface area (Å²) in [5, 5.41) is 0. The molecule has 0 radical (unpaired) electrons. The number of hydrogen-bond donors (Lipinski definition) is 0. The number of rotatable bonds is 21. The summed E-state index contributed by atoms with van der Waals surface area (Å²) >= 11 is 0. The summed E-state index contributed by atoms with van der Waals surface area (Å²) in [5.41, 5.74) is 0. The van der Waals surface area contributed by atoms with Crippen molar-refractivity contribution in [2.24, 2.45) is 107 Å². The topological polar surface area (TPSA) is 0 Å². The van der Waals surface area contributed by atoms with E-state index in [4.69, 9.17) is 0 Å². The van der Waals surface area contributed by atoms with E-state index in [-0.39, 0.29) is 0 Å². The largest absolute Gasteiger partial charge is 0.0683 e. The molecular weight excluding hydrogens is 709 g/mol. The SMILES string of the molecule is CC.CC(C)C.CC1CCCCCC(C)C1.CCCCC(CC)CC(C)C(C)C(CC(C)C)C(CC)CCCC(C)C(C)C1CCCC2C(CC(C)C(C)C)CC(C)C21. The lowest BCUT2D eigenvalue weighted by Gasteiger charge is -2.43. The predicted octanol–water partition coefficient (Wildman–Crippen LogP) is 20.7. The number of hydrogen-bond acceptors (Lipinski definition) is 0. The van der Waals surface area contributed by atoms with Crippen LogP contribution in [0.3, 0.4) is 0 Å². The van der Waals surface area contributed by atoms with Crippen LogP contribution in [-0.4, -0.2) is 0 Å². The Hall–Kier alpha value is 0. The molecule has 3 fully saturated rings. The van der Waals surface area contributed by atoms with Crippen LogP contribution in [0, 0.1) is 107 Å². The van der Waals surface area contributed by atoms with Crippen molar-refractivity contribution in [3.8, 4) is 0 Å². The third kappa shape index (κ3) is 23.5. The van der Waals surface area contributed by atoms with E-state index in [9.17, 15) is 0 Å². The van der Waals surface area contributed by atoms with Crippen molar-refractivity contribution in [1.29, 1.82) is 0 Å². The highest BCUT2D eigenvalue weighted by atomic mass is 14.5. The molecule has 15 atom stereocenters. The molecule has 3 rings (SSSR count). The van der Waals surface area contributed by atoms with Crippen molar-refractivity contribution < 1.29 is 0 Å². The van der Waals surface area contributed by atoms with E-state index in [2.05, 4.69) is 125 Å². The molecule has 3 aliphatic carbocycles. The maximum atomic E-state index is 2.68. The van der Waals surface area contributed by atoms with Gasteiger partial charge in [-0.2, -0.15) is 0 Å². The fourth-order valence-corrected chi connectivity index (χ4v) is 12.8. The smallest absolute Gasteiger partial charge is 0.0326 e. The summed E-state index contributed by atoms with van der Waals surface area (Å²) in [4.78, 5) is 0. The molecule has 59 heavy (non-hydrogen) atoms. The van der Waals surface area contributed by atoms with E-state index in [0.29, 0.717) is 0 Å². The van der Waals surface area contributed by atoms with Gasteiger partial charge < -0.3 is 0 Å². The highest BCUT2D eigenvalue weighted by Crippen LogP contribution is 2.56. The van der Waals surface area contributed by atoms with Crippen LogP contribution < -0.4 is 0 Å². The summed E-state index contributed by atoms with van der Waals surface area (Å²) in [6.45, 7) is 48.2. The van der Waals surface area contributed by atoms with Crippen LogP contribution in [-0.2, 0) is 0 Å². The molecule has 0 aromatic heterocycles. The molecule has 0 nitrogen and oxygen atoms in total. The minimum absolute atomic E-state index is 0.815. The Morgan fingerprint density at radius 3 is 1.66 bits per heavy atom. The van der Waals surface area contributed by atoms with Crippen LogP contribution in [0.25, 0.3) is 0 Å². The summed E-state index contributed by atoms with van der Waals surface area (Å²) in [6, 6.07) is 0. The maximum Gasteiger partial charge on any atom is -0.0326 e. The highest BCUT2D eigenvalue weighted by Gasteiger charge is 2.48. The molecule has 0 aliphatic heterocycles. The van der Waals surface area contributed by atoms with Crippen molar-refractivity contribution in [2.75, 3.05) is 0 Å². The second-order valence-electron chi connectivity index (χ2n) is 23.8. The van der Waals surface area contributed by atoms with Crippen LogP contribution in [0.1, 0.15) is 273 Å². The minimum Gasteiger partial charge on any atom is -0.0683 e. The van der Waals surface area contributed by atoms with Gasteiger partial charge >= 0.3 is 0 Å². The van der Waals surface area contributed by atoms with E-state index < -0.39 is 0 Å². The van der Waals surface area contributed by atoms with Crippen molar-refractivity contribution >= 4 is 0 Å². The zero-order valence-electron chi connectivity index (χ0n) is 45.2. The Balaban J connectivity index is 0.00000176. The van der Waals surface area contributed by atoms with Gasteiger partial charge in [0.1, 0.15) is 0 Å². The molecule has 0 spiro atoms. The number of fused-ring (bicyclic) bond motifs is 1. The molecule has 0 heterocycles. The van der Waals surface area contributed by atoms with E-state index in [1.165, 1.54) is 135 Å². The fraction of sp³-hybridized carbons (Fsp3) is 1.00. The standard InChI is InChI=1S/C43H84.C10H20.C4H10.C2H6/c1-14-17-21-37(15-2)26-33(10)36(13)42(25-29(4)5)38(16-3)22-18-20-31(8)35(12)40-23-19-24-41-39(27-32(9)30(6)7)28-34(11)43(40)41;1-9-6-4-3-5-7-10(2)8-9;1-4(2)3;1-2/h29-43H,14-28H2,1-13H3;9-10H,3-8H2,1-2H3;4H,1-3H3;1-2H3. The lowest BCUT2D eigenvalue weighted by molar-refractivity contribution is 0.0601.